The molecule has 0 bridgehead atoms. The van der Waals surface area contributed by atoms with Crippen molar-refractivity contribution in [2.75, 3.05) is 21.9 Å². The summed E-state index contributed by atoms with van der Waals surface area (Å²) in [6.45, 7) is 0.415. The van der Waals surface area contributed by atoms with Crippen LogP contribution >= 0.6 is 22.4 Å². The van der Waals surface area contributed by atoms with E-state index < -0.39 is 28.4 Å². The maximum absolute atomic E-state index is 12.8. The molecule has 5 nitrogen and oxygen atoms in total. The molecule has 10 heteroatoms. The number of nitrogens with zero attached hydrogens (tertiary/aromatic N) is 1. The molecule has 0 radical (unpaired) electrons. The Kier molecular flexibility index (Phi) is 5.31. The molecule has 0 aromatic heterocycles. The van der Waals surface area contributed by atoms with Gasteiger partial charge in [-0.1, -0.05) is 17.7 Å². The van der Waals surface area contributed by atoms with Crippen LogP contribution in [0.1, 0.15) is 22.3 Å². The molecule has 1 aliphatic rings. The predicted octanol–water partition coefficient (Wildman–Crippen LogP) is 5.49. The van der Waals surface area contributed by atoms with Gasteiger partial charge in [-0.25, -0.2) is 0 Å². The molecular weight excluding hydrogens is 405 g/mol. The minimum absolute atomic E-state index is 0.0219. The van der Waals surface area contributed by atoms with Crippen LogP contribution in [0, 0.1) is 0 Å². The standard InChI is InChI=1S/C17H16ClF3N2O3S/c18-15-6-5-13(23-7-2-8-27(23,25)26)10-14(15)16(24)22-12-4-1-3-11(9-12)17(19,20)21/h1,3-6,9-10,25-26H,2,7-8H2,(H,22,24). The zero-order chi connectivity index (χ0) is 19.8. The predicted molar refractivity (Wildman–Crippen MR) is 101 cm³/mol. The summed E-state index contributed by atoms with van der Waals surface area (Å²) in [6.07, 6.45) is -3.93. The number of hydrogen-bond acceptors (Lipinski definition) is 4. The van der Waals surface area contributed by atoms with E-state index in [-0.39, 0.29) is 22.0 Å². The minimum atomic E-state index is -4.53. The van der Waals surface area contributed by atoms with Crippen LogP contribution in [-0.2, 0) is 6.18 Å². The maximum Gasteiger partial charge on any atom is 0.416 e. The third-order valence-electron chi connectivity index (χ3n) is 4.06. The average molecular weight is 421 g/mol. The molecule has 2 aromatic carbocycles. The molecule has 0 atom stereocenters. The zero-order valence-corrected chi connectivity index (χ0v) is 15.4. The second-order valence-corrected chi connectivity index (χ2v) is 8.51. The Hall–Kier alpha value is -1.94. The van der Waals surface area contributed by atoms with E-state index in [2.05, 4.69) is 5.32 Å². The van der Waals surface area contributed by atoms with Crippen LogP contribution < -0.4 is 9.62 Å². The van der Waals surface area contributed by atoms with Gasteiger partial charge in [0.25, 0.3) is 5.91 Å². The van der Waals surface area contributed by atoms with Gasteiger partial charge in [-0.3, -0.25) is 18.2 Å². The van der Waals surface area contributed by atoms with Gasteiger partial charge >= 0.3 is 6.18 Å². The SMILES string of the molecule is O=C(Nc1cccc(C(F)(F)F)c1)c1cc(N2CCCS2(O)O)ccc1Cl. The van der Waals surface area contributed by atoms with Crippen molar-refractivity contribution in [1.82, 2.24) is 0 Å². The van der Waals surface area contributed by atoms with Gasteiger partial charge < -0.3 is 5.32 Å². The first kappa shape index (κ1) is 19.8. The van der Waals surface area contributed by atoms with Gasteiger partial charge in [0.2, 0.25) is 0 Å². The third kappa shape index (κ3) is 4.32. The normalized spacial score (nSPS) is 17.6. The van der Waals surface area contributed by atoms with E-state index in [1.54, 1.807) is 6.07 Å². The first-order valence-electron chi connectivity index (χ1n) is 7.90. The number of halogens is 4. The third-order valence-corrected chi connectivity index (χ3v) is 6.33. The van der Waals surface area contributed by atoms with E-state index in [1.165, 1.54) is 28.6 Å². The van der Waals surface area contributed by atoms with Crippen LogP contribution in [0.15, 0.2) is 42.5 Å². The quantitative estimate of drug-likeness (QED) is 0.614. The van der Waals surface area contributed by atoms with E-state index in [0.717, 1.165) is 12.1 Å². The number of benzene rings is 2. The van der Waals surface area contributed by atoms with Gasteiger partial charge in [-0.2, -0.15) is 13.2 Å². The van der Waals surface area contributed by atoms with Gasteiger partial charge in [-0.05, 0) is 42.8 Å². The molecule has 0 saturated carbocycles. The lowest BCUT2D eigenvalue weighted by molar-refractivity contribution is -0.137. The lowest BCUT2D eigenvalue weighted by Gasteiger charge is -2.38. The van der Waals surface area contributed by atoms with Crippen LogP contribution in [0.3, 0.4) is 0 Å². The number of alkyl halides is 3. The van der Waals surface area contributed by atoms with Crippen LogP contribution in [0.25, 0.3) is 0 Å². The van der Waals surface area contributed by atoms with Gasteiger partial charge in [0.05, 0.1) is 27.6 Å². The molecule has 1 fully saturated rings. The number of nitrogens with one attached hydrogen (secondary N) is 1. The molecule has 3 N–H and O–H groups in total. The van der Waals surface area contributed by atoms with Crippen LogP contribution in [0.5, 0.6) is 0 Å². The van der Waals surface area contributed by atoms with E-state index in [0.29, 0.717) is 18.7 Å². The monoisotopic (exact) mass is 420 g/mol. The number of rotatable bonds is 3. The summed E-state index contributed by atoms with van der Waals surface area (Å²) in [5.41, 5.74) is -0.479. The fourth-order valence-corrected chi connectivity index (χ4v) is 4.58. The average Bonchev–Trinajstić information content (AvgIpc) is 2.94. The van der Waals surface area contributed by atoms with Gasteiger partial charge in [-0.15, -0.1) is 10.8 Å². The summed E-state index contributed by atoms with van der Waals surface area (Å²) >= 11 is 6.06. The van der Waals surface area contributed by atoms with Crippen LogP contribution in [0.4, 0.5) is 24.5 Å². The van der Waals surface area contributed by atoms with Crippen molar-refractivity contribution < 1.29 is 27.1 Å². The van der Waals surface area contributed by atoms with Crippen LogP contribution in [0.2, 0.25) is 5.02 Å². The summed E-state index contributed by atoms with van der Waals surface area (Å²) in [6, 6.07) is 8.64. The zero-order valence-electron chi connectivity index (χ0n) is 13.8. The summed E-state index contributed by atoms with van der Waals surface area (Å²) < 4.78 is 60.0. The highest BCUT2D eigenvalue weighted by Crippen LogP contribution is 2.51. The molecule has 0 aliphatic carbocycles. The summed E-state index contributed by atoms with van der Waals surface area (Å²) in [4.78, 5) is 12.5. The highest BCUT2D eigenvalue weighted by atomic mass is 35.5. The summed E-state index contributed by atoms with van der Waals surface area (Å²) in [5, 5.41) is 2.49. The topological polar surface area (TPSA) is 72.8 Å². The highest BCUT2D eigenvalue weighted by molar-refractivity contribution is 8.25. The van der Waals surface area contributed by atoms with Crippen molar-refractivity contribution in [3.8, 4) is 0 Å². The molecule has 1 saturated heterocycles. The number of carbonyl (C=O) groups excluding carboxylic acids is 1. The molecular formula is C17H16ClF3N2O3S. The first-order valence-corrected chi connectivity index (χ1v) is 9.95. The molecule has 2 aromatic rings. The lowest BCUT2D eigenvalue weighted by atomic mass is 10.1. The van der Waals surface area contributed by atoms with Crippen molar-refractivity contribution in [2.45, 2.75) is 12.6 Å². The smallest absolute Gasteiger partial charge is 0.322 e. The van der Waals surface area contributed by atoms with Crippen LogP contribution in [-0.4, -0.2) is 27.3 Å². The van der Waals surface area contributed by atoms with E-state index in [4.69, 9.17) is 11.6 Å². The van der Waals surface area contributed by atoms with E-state index in [1.807, 2.05) is 0 Å². The van der Waals surface area contributed by atoms with Gasteiger partial charge in [0, 0.05) is 12.2 Å². The highest BCUT2D eigenvalue weighted by Gasteiger charge is 2.31. The Morgan fingerprint density at radius 2 is 1.93 bits per heavy atom. The maximum atomic E-state index is 12.8. The molecule has 27 heavy (non-hydrogen) atoms. The van der Waals surface area contributed by atoms with Crippen molar-refractivity contribution in [3.05, 3.63) is 58.6 Å². The molecule has 1 heterocycles. The largest absolute Gasteiger partial charge is 0.416 e. The van der Waals surface area contributed by atoms with Crippen molar-refractivity contribution in [2.24, 2.45) is 0 Å². The van der Waals surface area contributed by atoms with Gasteiger partial charge in [0.1, 0.15) is 0 Å². The fourth-order valence-electron chi connectivity index (χ4n) is 2.77. The Morgan fingerprint density at radius 1 is 1.19 bits per heavy atom. The second kappa shape index (κ2) is 7.23. The van der Waals surface area contributed by atoms with E-state index >= 15 is 0 Å². The van der Waals surface area contributed by atoms with Gasteiger partial charge in [0.15, 0.2) is 0 Å². The molecule has 0 spiro atoms. The fraction of sp³-hybridized carbons (Fsp3) is 0.235. The molecule has 146 valence electrons. The van der Waals surface area contributed by atoms with E-state index in [9.17, 15) is 27.1 Å². The lowest BCUT2D eigenvalue weighted by Crippen LogP contribution is -2.22. The second-order valence-electron chi connectivity index (χ2n) is 5.99. The molecule has 1 amide bonds. The molecule has 1 aliphatic heterocycles. The van der Waals surface area contributed by atoms with Crippen molar-refractivity contribution >= 4 is 39.7 Å². The Bertz CT molecular complexity index is 877. The molecule has 3 rings (SSSR count). The summed E-state index contributed by atoms with van der Waals surface area (Å²) in [5.74, 6) is -0.460. The molecule has 0 unspecified atom stereocenters. The number of amides is 1. The first-order chi connectivity index (χ1) is 12.6. The number of anilines is 2. The number of hydrogen-bond donors (Lipinski definition) is 3. The minimum Gasteiger partial charge on any atom is -0.322 e. The summed E-state index contributed by atoms with van der Waals surface area (Å²) in [7, 11) is -2.94. The Balaban J connectivity index is 1.86. The number of carbonyl (C=O) groups is 1. The van der Waals surface area contributed by atoms with Crippen molar-refractivity contribution in [1.29, 1.82) is 0 Å². The Morgan fingerprint density at radius 3 is 2.56 bits per heavy atom. The Labute approximate surface area is 160 Å². The van der Waals surface area contributed by atoms with Crippen molar-refractivity contribution in [3.63, 3.8) is 0 Å².